The number of rotatable bonds is 6. The zero-order valence-corrected chi connectivity index (χ0v) is 25.0. The predicted molar refractivity (Wildman–Crippen MR) is 168 cm³/mol. The first kappa shape index (κ1) is 27.2. The van der Waals surface area contributed by atoms with Crippen LogP contribution in [0.25, 0.3) is 5.57 Å². The maximum Gasteiger partial charge on any atom is 0.238 e. The second kappa shape index (κ2) is 9.95. The van der Waals surface area contributed by atoms with Gasteiger partial charge in [0.25, 0.3) is 0 Å². The number of anilines is 2. The number of hydrogen-bond acceptors (Lipinski definition) is 7. The van der Waals surface area contributed by atoms with Gasteiger partial charge >= 0.3 is 0 Å². The summed E-state index contributed by atoms with van der Waals surface area (Å²) in [5, 5.41) is 4.93. The number of fused-ring (bicyclic) bond motifs is 6. The van der Waals surface area contributed by atoms with Crippen molar-refractivity contribution in [2.45, 2.75) is 31.3 Å². The molecule has 1 aromatic heterocycles. The van der Waals surface area contributed by atoms with Crippen LogP contribution >= 0.6 is 11.3 Å². The molecule has 8 heteroatoms. The van der Waals surface area contributed by atoms with Crippen molar-refractivity contribution in [2.24, 2.45) is 5.92 Å². The quantitative estimate of drug-likeness (QED) is 0.265. The summed E-state index contributed by atoms with van der Waals surface area (Å²) in [5.41, 5.74) is 4.09. The van der Waals surface area contributed by atoms with Gasteiger partial charge in [0.2, 0.25) is 5.91 Å². The fourth-order valence-electron chi connectivity index (χ4n) is 7.28. The summed E-state index contributed by atoms with van der Waals surface area (Å²) in [7, 11) is 3.03. The summed E-state index contributed by atoms with van der Waals surface area (Å²) in [4.78, 5) is 47.0. The van der Waals surface area contributed by atoms with Crippen molar-refractivity contribution in [3.05, 3.63) is 111 Å². The molecular weight excluding hydrogens is 560 g/mol. The summed E-state index contributed by atoms with van der Waals surface area (Å²) in [6, 6.07) is 20.7. The molecule has 3 aromatic carbocycles. The SMILES string of the molecule is COc1ccc(OC)c(C(=O)[C@@H]2[C@H](C(=O)c3cccs3)N3c4ccc(C)cc4C(C)=C[C@@H]3[C@@]23C(=O)Nc2ccccc23)c1. The largest absolute Gasteiger partial charge is 0.497 e. The normalized spacial score (nSPS) is 23.3. The molecular formula is C35H30N2O5S. The first-order valence-electron chi connectivity index (χ1n) is 14.1. The van der Waals surface area contributed by atoms with Crippen LogP contribution in [0.1, 0.15) is 43.6 Å². The van der Waals surface area contributed by atoms with Gasteiger partial charge in [0.15, 0.2) is 11.6 Å². The zero-order valence-electron chi connectivity index (χ0n) is 24.2. The molecule has 1 fully saturated rings. The van der Waals surface area contributed by atoms with Crippen molar-refractivity contribution < 1.29 is 23.9 Å². The summed E-state index contributed by atoms with van der Waals surface area (Å²) in [6.07, 6.45) is 2.06. The molecule has 0 bridgehead atoms. The highest BCUT2D eigenvalue weighted by Gasteiger charge is 2.70. The molecule has 3 aliphatic heterocycles. The molecule has 43 heavy (non-hydrogen) atoms. The predicted octanol–water partition coefficient (Wildman–Crippen LogP) is 6.32. The second-order valence-electron chi connectivity index (χ2n) is 11.3. The maximum absolute atomic E-state index is 15.2. The fourth-order valence-corrected chi connectivity index (χ4v) is 7.98. The number of aryl methyl sites for hydroxylation is 1. The molecule has 1 amide bonds. The van der Waals surface area contributed by atoms with Crippen molar-refractivity contribution in [3.8, 4) is 11.5 Å². The molecule has 7 nitrogen and oxygen atoms in total. The van der Waals surface area contributed by atoms with Crippen LogP contribution in [0.4, 0.5) is 11.4 Å². The molecule has 0 radical (unpaired) electrons. The monoisotopic (exact) mass is 590 g/mol. The minimum absolute atomic E-state index is 0.200. The summed E-state index contributed by atoms with van der Waals surface area (Å²) < 4.78 is 11.1. The van der Waals surface area contributed by atoms with Crippen molar-refractivity contribution in [3.63, 3.8) is 0 Å². The molecule has 1 N–H and O–H groups in total. The smallest absolute Gasteiger partial charge is 0.238 e. The van der Waals surface area contributed by atoms with Crippen molar-refractivity contribution in [2.75, 3.05) is 24.4 Å². The number of Topliss-reactive ketones (excluding diaryl/α,β-unsaturated/α-hetero) is 2. The van der Waals surface area contributed by atoms with Crippen LogP contribution in [0.2, 0.25) is 0 Å². The lowest BCUT2D eigenvalue weighted by atomic mass is 9.64. The van der Waals surface area contributed by atoms with Gasteiger partial charge in [-0.15, -0.1) is 11.3 Å². The highest BCUT2D eigenvalue weighted by atomic mass is 32.1. The Hall–Kier alpha value is -4.69. The molecule has 1 spiro atoms. The molecule has 4 aromatic rings. The van der Waals surface area contributed by atoms with Gasteiger partial charge in [-0.1, -0.05) is 42.0 Å². The van der Waals surface area contributed by atoms with Crippen molar-refractivity contribution in [1.82, 2.24) is 0 Å². The Balaban J connectivity index is 1.57. The fraction of sp³-hybridized carbons (Fsp3) is 0.229. The Morgan fingerprint density at radius 2 is 1.74 bits per heavy atom. The third kappa shape index (κ3) is 3.75. The summed E-state index contributed by atoms with van der Waals surface area (Å²) >= 11 is 1.33. The van der Waals surface area contributed by atoms with E-state index in [1.165, 1.54) is 25.6 Å². The lowest BCUT2D eigenvalue weighted by Gasteiger charge is -2.39. The number of amides is 1. The van der Waals surface area contributed by atoms with Crippen LogP contribution in [0.15, 0.2) is 84.3 Å². The molecule has 216 valence electrons. The Bertz CT molecular complexity index is 1840. The average molecular weight is 591 g/mol. The number of nitrogens with zero attached hydrogens (tertiary/aromatic N) is 1. The second-order valence-corrected chi connectivity index (χ2v) is 12.2. The highest BCUT2D eigenvalue weighted by molar-refractivity contribution is 7.12. The third-order valence-corrected chi connectivity index (χ3v) is 10.0. The van der Waals surface area contributed by atoms with E-state index in [2.05, 4.69) is 17.5 Å². The molecule has 3 aliphatic rings. The van der Waals surface area contributed by atoms with Crippen LogP contribution in [0, 0.1) is 12.8 Å². The van der Waals surface area contributed by atoms with Gasteiger partial charge in [-0.3, -0.25) is 14.4 Å². The van der Waals surface area contributed by atoms with Crippen molar-refractivity contribution >= 4 is 45.8 Å². The number of benzene rings is 3. The molecule has 1 saturated heterocycles. The standard InChI is InChI=1S/C35H30N2O5S/c1-19-11-13-26-22(16-19)20(2)17-29-35(24-8-5-6-9-25(24)36-34(35)40)30(31(37(26)29)33(39)28-10-7-15-43-28)32(38)23-18-21(41-3)12-14-27(23)42-4/h5-18,29-31H,1-4H3,(H,36,40)/t29-,30+,31-,35-/m1/s1. The minimum Gasteiger partial charge on any atom is -0.497 e. The molecule has 0 aliphatic carbocycles. The van der Waals surface area contributed by atoms with E-state index in [1.54, 1.807) is 24.3 Å². The first-order valence-corrected chi connectivity index (χ1v) is 15.0. The molecule has 0 saturated carbocycles. The number of carbonyl (C=O) groups is 3. The Morgan fingerprint density at radius 3 is 2.49 bits per heavy atom. The lowest BCUT2D eigenvalue weighted by Crippen LogP contribution is -2.51. The van der Waals surface area contributed by atoms with E-state index >= 15 is 4.79 Å². The number of ketones is 2. The van der Waals surface area contributed by atoms with Gasteiger partial charge in [-0.2, -0.15) is 0 Å². The number of methoxy groups -OCH3 is 2. The highest BCUT2D eigenvalue weighted by Crippen LogP contribution is 2.59. The van der Waals surface area contributed by atoms with Crippen LogP contribution < -0.4 is 19.7 Å². The average Bonchev–Trinajstić information content (AvgIpc) is 3.73. The number of para-hydroxylation sites is 1. The molecule has 4 heterocycles. The van der Waals surface area contributed by atoms with E-state index in [1.807, 2.05) is 66.6 Å². The Morgan fingerprint density at radius 1 is 0.930 bits per heavy atom. The van der Waals surface area contributed by atoms with Gasteiger partial charge in [-0.25, -0.2) is 0 Å². The van der Waals surface area contributed by atoms with Gasteiger partial charge in [0.05, 0.1) is 36.6 Å². The summed E-state index contributed by atoms with van der Waals surface area (Å²) in [5.74, 6) is -1.12. The zero-order chi connectivity index (χ0) is 30.0. The van der Waals surface area contributed by atoms with E-state index in [0.717, 1.165) is 22.4 Å². The van der Waals surface area contributed by atoms with Crippen molar-refractivity contribution in [1.29, 1.82) is 0 Å². The number of carbonyl (C=O) groups excluding carboxylic acids is 3. The molecule has 0 unspecified atom stereocenters. The molecule has 4 atom stereocenters. The van der Waals surface area contributed by atoms with Gasteiger partial charge in [0, 0.05) is 16.9 Å². The lowest BCUT2D eigenvalue weighted by molar-refractivity contribution is -0.121. The van der Waals surface area contributed by atoms with E-state index in [4.69, 9.17) is 9.47 Å². The number of nitrogens with one attached hydrogen (secondary N) is 1. The van der Waals surface area contributed by atoms with Crippen LogP contribution in [-0.4, -0.2) is 43.8 Å². The van der Waals surface area contributed by atoms with E-state index in [9.17, 15) is 9.59 Å². The van der Waals surface area contributed by atoms with Gasteiger partial charge < -0.3 is 19.7 Å². The minimum atomic E-state index is -1.40. The van der Waals surface area contributed by atoms with Gasteiger partial charge in [-0.05, 0) is 72.8 Å². The Kier molecular flexibility index (Phi) is 6.29. The first-order chi connectivity index (χ1) is 20.8. The van der Waals surface area contributed by atoms with Crippen LogP contribution in [0.3, 0.4) is 0 Å². The molecule has 7 rings (SSSR count). The topological polar surface area (TPSA) is 84.9 Å². The third-order valence-electron chi connectivity index (χ3n) is 9.12. The van der Waals surface area contributed by atoms with E-state index in [-0.39, 0.29) is 23.0 Å². The van der Waals surface area contributed by atoms with Crippen LogP contribution in [-0.2, 0) is 10.2 Å². The number of thiophene rings is 1. The Labute approximate surface area is 253 Å². The maximum atomic E-state index is 15.2. The van der Waals surface area contributed by atoms with Crippen LogP contribution in [0.5, 0.6) is 11.5 Å². The van der Waals surface area contributed by atoms with E-state index in [0.29, 0.717) is 27.6 Å². The number of allylic oxidation sites excluding steroid dienone is 1. The van der Waals surface area contributed by atoms with E-state index < -0.39 is 23.4 Å². The van der Waals surface area contributed by atoms with Gasteiger partial charge in [0.1, 0.15) is 23.0 Å². The summed E-state index contributed by atoms with van der Waals surface area (Å²) in [6.45, 7) is 4.06. The number of hydrogen-bond donors (Lipinski definition) is 1. The number of ether oxygens (including phenoxy) is 2.